The minimum atomic E-state index is -0.984. The average molecular weight is 354 g/mol. The largest absolute Gasteiger partial charge is 0.369 e. The number of nitrogens with one attached hydrogen (secondary N) is 1. The first kappa shape index (κ1) is 18.4. The summed E-state index contributed by atoms with van der Waals surface area (Å²) in [5.41, 5.74) is 6.13. The van der Waals surface area contributed by atoms with E-state index in [4.69, 9.17) is 5.73 Å². The third kappa shape index (κ3) is 3.45. The molecule has 26 heavy (non-hydrogen) atoms. The Hall–Kier alpha value is -2.39. The fraction of sp³-hybridized carbons (Fsp3) is 0.550. The fourth-order valence-electron chi connectivity index (χ4n) is 3.90. The van der Waals surface area contributed by atoms with E-state index in [1.165, 1.54) is 0 Å². The number of benzene rings is 1. The first-order chi connectivity index (χ1) is 12.4. The second-order valence-electron chi connectivity index (χ2n) is 7.90. The Kier molecular flexibility index (Phi) is 5.01. The zero-order chi connectivity index (χ0) is 18.9. The molecule has 0 aromatic heterocycles. The molecule has 2 atom stereocenters. The summed E-state index contributed by atoms with van der Waals surface area (Å²) in [7, 11) is 0. The summed E-state index contributed by atoms with van der Waals surface area (Å²) < 4.78 is 0. The molecule has 6 nitrogen and oxygen atoms in total. The summed E-state index contributed by atoms with van der Waals surface area (Å²) in [6.07, 6.45) is 1.10. The minimum absolute atomic E-state index is 0.00595. The maximum Gasteiger partial charge on any atom is 0.235 e. The third-order valence-corrected chi connectivity index (χ3v) is 5.80. The van der Waals surface area contributed by atoms with Crippen molar-refractivity contribution < 1.29 is 9.59 Å². The Morgan fingerprint density at radius 3 is 2.62 bits per heavy atom. The monoisotopic (exact) mass is 354 g/mol. The van der Waals surface area contributed by atoms with E-state index in [2.05, 4.69) is 30.1 Å². The van der Waals surface area contributed by atoms with E-state index in [0.717, 1.165) is 12.1 Å². The molecule has 0 spiro atoms. The highest BCUT2D eigenvalue weighted by Gasteiger charge is 2.56. The van der Waals surface area contributed by atoms with Crippen LogP contribution in [0.1, 0.15) is 37.8 Å². The molecule has 1 aliphatic carbocycles. The van der Waals surface area contributed by atoms with E-state index in [1.54, 1.807) is 0 Å². The van der Waals surface area contributed by atoms with Crippen LogP contribution in [0.2, 0.25) is 0 Å². The quantitative estimate of drug-likeness (QED) is 0.754. The number of hydrogen-bond donors (Lipinski definition) is 2. The number of hydrogen-bond acceptors (Lipinski definition) is 4. The van der Waals surface area contributed by atoms with Gasteiger partial charge in [-0.2, -0.15) is 5.26 Å². The van der Waals surface area contributed by atoms with E-state index in [1.807, 2.05) is 24.3 Å². The summed E-state index contributed by atoms with van der Waals surface area (Å²) >= 11 is 0. The molecule has 1 saturated carbocycles. The molecule has 2 aliphatic rings. The summed E-state index contributed by atoms with van der Waals surface area (Å²) in [6.45, 7) is 6.55. The summed E-state index contributed by atoms with van der Waals surface area (Å²) in [5, 5.41) is 12.4. The van der Waals surface area contributed by atoms with Crippen LogP contribution in [0.4, 0.5) is 0 Å². The van der Waals surface area contributed by atoms with Crippen LogP contribution < -0.4 is 11.1 Å². The molecule has 138 valence electrons. The van der Waals surface area contributed by atoms with Crippen LogP contribution in [0.5, 0.6) is 0 Å². The number of primary amides is 1. The van der Waals surface area contributed by atoms with Crippen LogP contribution in [-0.2, 0) is 16.1 Å². The van der Waals surface area contributed by atoms with Gasteiger partial charge >= 0.3 is 0 Å². The number of carbonyl (C=O) groups excluding carboxylic acids is 2. The van der Waals surface area contributed by atoms with E-state index >= 15 is 0 Å². The highest BCUT2D eigenvalue weighted by molar-refractivity contribution is 6.07. The first-order valence-corrected chi connectivity index (χ1v) is 9.18. The molecule has 1 aromatic carbocycles. The van der Waals surface area contributed by atoms with Crippen molar-refractivity contribution in [2.45, 2.75) is 39.3 Å². The number of nitrogens with zero attached hydrogens (tertiary/aromatic N) is 2. The van der Waals surface area contributed by atoms with Crippen LogP contribution in [0.15, 0.2) is 24.3 Å². The Labute approximate surface area is 154 Å². The number of carbonyl (C=O) groups is 2. The van der Waals surface area contributed by atoms with Gasteiger partial charge in [0, 0.05) is 25.7 Å². The van der Waals surface area contributed by atoms with E-state index < -0.39 is 11.3 Å². The number of amides is 2. The lowest BCUT2D eigenvalue weighted by Gasteiger charge is -2.24. The van der Waals surface area contributed by atoms with Crippen molar-refractivity contribution in [3.8, 4) is 6.07 Å². The topological polar surface area (TPSA) is 99.2 Å². The Morgan fingerprint density at radius 2 is 2.04 bits per heavy atom. The second-order valence-corrected chi connectivity index (χ2v) is 7.90. The SMILES string of the molecule is CC(C)[C@H]1CN(Cc2ccccc2C#N)C[C@@H]1NC(=O)C1(C(N)=O)CC1. The van der Waals surface area contributed by atoms with E-state index in [9.17, 15) is 14.9 Å². The normalized spacial score (nSPS) is 24.2. The average Bonchev–Trinajstić information content (AvgIpc) is 3.33. The molecule has 3 N–H and O–H groups in total. The number of nitrogens with two attached hydrogens (primary N) is 1. The van der Waals surface area contributed by atoms with Crippen molar-refractivity contribution in [3.05, 3.63) is 35.4 Å². The van der Waals surface area contributed by atoms with Crippen LogP contribution in [0.25, 0.3) is 0 Å². The highest BCUT2D eigenvalue weighted by Crippen LogP contribution is 2.45. The minimum Gasteiger partial charge on any atom is -0.369 e. The Balaban J connectivity index is 1.70. The smallest absolute Gasteiger partial charge is 0.235 e. The fourth-order valence-corrected chi connectivity index (χ4v) is 3.90. The van der Waals surface area contributed by atoms with Crippen LogP contribution >= 0.6 is 0 Å². The van der Waals surface area contributed by atoms with Gasteiger partial charge in [0.15, 0.2) is 0 Å². The summed E-state index contributed by atoms with van der Waals surface area (Å²) in [6, 6.07) is 9.84. The number of likely N-dealkylation sites (tertiary alicyclic amines) is 1. The van der Waals surface area contributed by atoms with Gasteiger partial charge in [-0.3, -0.25) is 14.5 Å². The third-order valence-electron chi connectivity index (χ3n) is 5.80. The summed E-state index contributed by atoms with van der Waals surface area (Å²) in [5.74, 6) is -0.0362. The molecule has 0 unspecified atom stereocenters. The molecule has 1 heterocycles. The Morgan fingerprint density at radius 1 is 1.35 bits per heavy atom. The zero-order valence-electron chi connectivity index (χ0n) is 15.4. The van der Waals surface area contributed by atoms with Crippen molar-refractivity contribution in [1.82, 2.24) is 10.2 Å². The van der Waals surface area contributed by atoms with Gasteiger partial charge in [0.05, 0.1) is 11.6 Å². The van der Waals surface area contributed by atoms with Crippen molar-refractivity contribution in [2.24, 2.45) is 23.0 Å². The van der Waals surface area contributed by atoms with Crippen molar-refractivity contribution in [3.63, 3.8) is 0 Å². The van der Waals surface area contributed by atoms with E-state index in [-0.39, 0.29) is 11.9 Å². The van der Waals surface area contributed by atoms with Crippen molar-refractivity contribution in [2.75, 3.05) is 13.1 Å². The molecule has 2 amide bonds. The molecule has 1 saturated heterocycles. The van der Waals surface area contributed by atoms with Gasteiger partial charge < -0.3 is 11.1 Å². The maximum atomic E-state index is 12.6. The molecule has 6 heteroatoms. The van der Waals surface area contributed by atoms with Gasteiger partial charge in [-0.05, 0) is 36.3 Å². The van der Waals surface area contributed by atoms with Gasteiger partial charge in [0.1, 0.15) is 5.41 Å². The lowest BCUT2D eigenvalue weighted by atomic mass is 9.90. The second kappa shape index (κ2) is 7.08. The van der Waals surface area contributed by atoms with E-state index in [0.29, 0.717) is 43.3 Å². The van der Waals surface area contributed by atoms with Crippen LogP contribution in [-0.4, -0.2) is 35.8 Å². The molecule has 3 rings (SSSR count). The number of nitriles is 1. The van der Waals surface area contributed by atoms with Gasteiger partial charge in [-0.15, -0.1) is 0 Å². The van der Waals surface area contributed by atoms with Crippen molar-refractivity contribution >= 4 is 11.8 Å². The zero-order valence-corrected chi connectivity index (χ0v) is 15.4. The molecule has 1 aromatic rings. The van der Waals surface area contributed by atoms with Gasteiger partial charge in [0.25, 0.3) is 0 Å². The van der Waals surface area contributed by atoms with Gasteiger partial charge in [0.2, 0.25) is 11.8 Å². The van der Waals surface area contributed by atoms with Gasteiger partial charge in [-0.25, -0.2) is 0 Å². The molecular weight excluding hydrogens is 328 g/mol. The van der Waals surface area contributed by atoms with Crippen LogP contribution in [0, 0.1) is 28.6 Å². The predicted molar refractivity (Wildman–Crippen MR) is 97.6 cm³/mol. The lowest BCUT2D eigenvalue weighted by Crippen LogP contribution is -2.48. The standard InChI is InChI=1S/C20H26N4O2/c1-13(2)16-11-24(10-15-6-4-3-5-14(15)9-21)12-17(16)23-19(26)20(7-8-20)18(22)25/h3-6,13,16-17H,7-8,10-12H2,1-2H3,(H2,22,25)(H,23,26)/t16-,17+/m1/s1. The number of rotatable bonds is 6. The predicted octanol–water partition coefficient (Wildman–Crippen LogP) is 1.40. The molecular formula is C20H26N4O2. The first-order valence-electron chi connectivity index (χ1n) is 9.18. The summed E-state index contributed by atoms with van der Waals surface area (Å²) in [4.78, 5) is 26.5. The lowest BCUT2D eigenvalue weighted by molar-refractivity contribution is -0.136. The van der Waals surface area contributed by atoms with Crippen molar-refractivity contribution in [1.29, 1.82) is 5.26 Å². The maximum absolute atomic E-state index is 12.6. The Bertz CT molecular complexity index is 748. The highest BCUT2D eigenvalue weighted by atomic mass is 16.2. The van der Waals surface area contributed by atoms with Crippen LogP contribution in [0.3, 0.4) is 0 Å². The molecule has 0 radical (unpaired) electrons. The van der Waals surface area contributed by atoms with Gasteiger partial charge in [-0.1, -0.05) is 32.0 Å². The molecule has 1 aliphatic heterocycles. The molecule has 0 bridgehead atoms. The molecule has 2 fully saturated rings.